The van der Waals surface area contributed by atoms with Crippen LogP contribution in [-0.4, -0.2) is 68.5 Å². The fourth-order valence-electron chi connectivity index (χ4n) is 7.85. The lowest BCUT2D eigenvalue weighted by molar-refractivity contribution is -0.225. The molecule has 0 aromatic carbocycles. The van der Waals surface area contributed by atoms with Crippen molar-refractivity contribution in [1.82, 2.24) is 0 Å². The zero-order chi connectivity index (χ0) is 25.4. The van der Waals surface area contributed by atoms with E-state index in [0.29, 0.717) is 18.4 Å². The zero-order valence-electron chi connectivity index (χ0n) is 20.9. The Kier molecular flexibility index (Phi) is 5.88. The maximum absolute atomic E-state index is 12.5. The minimum Gasteiger partial charge on any atom is -0.458 e. The first-order chi connectivity index (χ1) is 15.8. The molecule has 1 spiro atoms. The molecule has 4 aliphatic rings. The highest BCUT2D eigenvalue weighted by molar-refractivity contribution is 5.70. The maximum atomic E-state index is 12.5. The first-order valence-electron chi connectivity index (χ1n) is 12.2. The van der Waals surface area contributed by atoms with Crippen molar-refractivity contribution in [1.29, 1.82) is 0 Å². The molecule has 8 nitrogen and oxygen atoms in total. The van der Waals surface area contributed by atoms with Gasteiger partial charge in [0, 0.05) is 30.6 Å². The number of aliphatic hydroxyl groups excluding tert-OH is 3. The van der Waals surface area contributed by atoms with Gasteiger partial charge in [0.05, 0.1) is 18.1 Å². The highest BCUT2D eigenvalue weighted by atomic mass is 16.6. The highest BCUT2D eigenvalue weighted by Gasteiger charge is 2.83. The van der Waals surface area contributed by atoms with E-state index in [1.54, 1.807) is 19.1 Å². The summed E-state index contributed by atoms with van der Waals surface area (Å²) in [6.45, 7) is 10.2. The van der Waals surface area contributed by atoms with Crippen molar-refractivity contribution in [3.8, 4) is 0 Å². The van der Waals surface area contributed by atoms with Crippen molar-refractivity contribution < 1.29 is 39.5 Å². The number of carbonyl (C=O) groups is 2. The summed E-state index contributed by atoms with van der Waals surface area (Å²) in [6, 6.07) is 0. The summed E-state index contributed by atoms with van der Waals surface area (Å²) >= 11 is 0. The van der Waals surface area contributed by atoms with Crippen LogP contribution in [0, 0.1) is 28.6 Å². The molecule has 0 radical (unpaired) electrons. The first-order valence-corrected chi connectivity index (χ1v) is 12.2. The molecular weight excluding hydrogens is 440 g/mol. The van der Waals surface area contributed by atoms with Crippen LogP contribution in [0.3, 0.4) is 0 Å². The third-order valence-electron chi connectivity index (χ3n) is 9.31. The smallest absolute Gasteiger partial charge is 0.306 e. The Labute approximate surface area is 200 Å². The molecular formula is C26H38O8. The number of fused-ring (bicyclic) bond motifs is 3. The van der Waals surface area contributed by atoms with Gasteiger partial charge in [0.2, 0.25) is 0 Å². The fraction of sp³-hybridized carbons (Fsp3) is 0.769. The summed E-state index contributed by atoms with van der Waals surface area (Å²) in [4.78, 5) is 24.6. The van der Waals surface area contributed by atoms with Gasteiger partial charge in [-0.25, -0.2) is 0 Å². The van der Waals surface area contributed by atoms with Gasteiger partial charge in [-0.05, 0) is 36.8 Å². The highest BCUT2D eigenvalue weighted by Crippen LogP contribution is 2.76. The minimum absolute atomic E-state index is 0.151. The van der Waals surface area contributed by atoms with E-state index >= 15 is 0 Å². The Hall–Kier alpha value is -1.74. The molecule has 2 saturated carbocycles. The molecule has 4 N–H and O–H groups in total. The van der Waals surface area contributed by atoms with Crippen LogP contribution >= 0.6 is 0 Å². The van der Waals surface area contributed by atoms with Crippen LogP contribution in [0.4, 0.5) is 0 Å². The summed E-state index contributed by atoms with van der Waals surface area (Å²) < 4.78 is 11.7. The minimum atomic E-state index is -2.11. The van der Waals surface area contributed by atoms with E-state index in [1.807, 2.05) is 27.7 Å². The maximum Gasteiger partial charge on any atom is 0.306 e. The number of aliphatic hydroxyl groups is 4. The van der Waals surface area contributed by atoms with E-state index in [2.05, 4.69) is 0 Å². The van der Waals surface area contributed by atoms with Crippen molar-refractivity contribution in [3.63, 3.8) is 0 Å². The van der Waals surface area contributed by atoms with Crippen molar-refractivity contribution in [3.05, 3.63) is 23.3 Å². The Balaban J connectivity index is 1.93. The predicted molar refractivity (Wildman–Crippen MR) is 122 cm³/mol. The van der Waals surface area contributed by atoms with Gasteiger partial charge < -0.3 is 29.9 Å². The molecule has 9 atom stereocenters. The predicted octanol–water partition coefficient (Wildman–Crippen LogP) is 1.64. The normalized spacial score (nSPS) is 46.2. The van der Waals surface area contributed by atoms with Gasteiger partial charge in [-0.1, -0.05) is 39.8 Å². The van der Waals surface area contributed by atoms with E-state index in [-0.39, 0.29) is 17.9 Å². The molecule has 0 aromatic rings. The summed E-state index contributed by atoms with van der Waals surface area (Å²) in [5.74, 6) is -2.29. The quantitative estimate of drug-likeness (QED) is 0.346. The van der Waals surface area contributed by atoms with Crippen LogP contribution in [0.5, 0.6) is 0 Å². The molecule has 1 unspecified atom stereocenters. The molecule has 0 amide bonds. The number of hydrogen-bond donors (Lipinski definition) is 4. The van der Waals surface area contributed by atoms with Gasteiger partial charge in [-0.15, -0.1) is 0 Å². The van der Waals surface area contributed by atoms with Gasteiger partial charge in [0.15, 0.2) is 6.10 Å². The summed E-state index contributed by atoms with van der Waals surface area (Å²) in [6.07, 6.45) is 0.501. The monoisotopic (exact) mass is 478 g/mol. The second-order valence-electron chi connectivity index (χ2n) is 11.4. The average Bonchev–Trinajstić information content (AvgIpc) is 3.13. The van der Waals surface area contributed by atoms with Crippen molar-refractivity contribution >= 4 is 11.9 Å². The van der Waals surface area contributed by atoms with E-state index in [1.165, 1.54) is 6.92 Å². The number of hydrogen-bond acceptors (Lipinski definition) is 8. The van der Waals surface area contributed by atoms with Gasteiger partial charge >= 0.3 is 11.9 Å². The van der Waals surface area contributed by atoms with Crippen LogP contribution in [-0.2, 0) is 19.1 Å². The zero-order valence-corrected chi connectivity index (χ0v) is 20.9. The summed E-state index contributed by atoms with van der Waals surface area (Å²) in [5, 5.41) is 46.1. The fourth-order valence-corrected chi connectivity index (χ4v) is 7.85. The molecule has 2 bridgehead atoms. The van der Waals surface area contributed by atoms with Crippen LogP contribution in [0.2, 0.25) is 0 Å². The molecule has 4 aliphatic carbocycles. The van der Waals surface area contributed by atoms with Gasteiger partial charge in [-0.2, -0.15) is 0 Å². The average molecular weight is 479 g/mol. The van der Waals surface area contributed by atoms with Crippen molar-refractivity contribution in [2.45, 2.75) is 90.3 Å². The van der Waals surface area contributed by atoms with Gasteiger partial charge in [0.25, 0.3) is 0 Å². The van der Waals surface area contributed by atoms with Gasteiger partial charge in [0.1, 0.15) is 17.3 Å². The SMILES string of the molecule is CCCC(=O)O[C@H]1C(C)=C[C@]23C(O)[C@@H](C=C(CO)[C@@H](O)[C@]12O)[C@@H]1C(C)(C)[C@]1(OC(C)=O)C[C@H]3C. The van der Waals surface area contributed by atoms with E-state index in [0.717, 1.165) is 0 Å². The van der Waals surface area contributed by atoms with Gasteiger partial charge in [-0.3, -0.25) is 9.59 Å². The van der Waals surface area contributed by atoms with Crippen LogP contribution in [0.15, 0.2) is 23.3 Å². The lowest BCUT2D eigenvalue weighted by Crippen LogP contribution is -2.67. The number of esters is 2. The molecule has 2 fully saturated rings. The second-order valence-corrected chi connectivity index (χ2v) is 11.4. The summed E-state index contributed by atoms with van der Waals surface area (Å²) in [5.41, 5.74) is -4.15. The third kappa shape index (κ3) is 2.92. The first kappa shape index (κ1) is 25.4. The lowest BCUT2D eigenvalue weighted by atomic mass is 9.58. The largest absolute Gasteiger partial charge is 0.458 e. The van der Waals surface area contributed by atoms with E-state index < -0.39 is 70.7 Å². The van der Waals surface area contributed by atoms with Crippen LogP contribution in [0.1, 0.15) is 60.8 Å². The van der Waals surface area contributed by atoms with Crippen LogP contribution < -0.4 is 0 Å². The molecule has 34 heavy (non-hydrogen) atoms. The lowest BCUT2D eigenvalue weighted by Gasteiger charge is -2.52. The molecule has 8 heteroatoms. The van der Waals surface area contributed by atoms with E-state index in [4.69, 9.17) is 9.47 Å². The Morgan fingerprint density at radius 3 is 2.44 bits per heavy atom. The summed E-state index contributed by atoms with van der Waals surface area (Å²) in [7, 11) is 0. The van der Waals surface area contributed by atoms with E-state index in [9.17, 15) is 30.0 Å². The molecule has 0 aromatic heterocycles. The number of rotatable bonds is 5. The molecule has 190 valence electrons. The molecule has 4 rings (SSSR count). The number of carbonyl (C=O) groups excluding carboxylic acids is 2. The van der Waals surface area contributed by atoms with Crippen molar-refractivity contribution in [2.75, 3.05) is 6.61 Å². The topological polar surface area (TPSA) is 134 Å². The van der Waals surface area contributed by atoms with Crippen LogP contribution in [0.25, 0.3) is 0 Å². The van der Waals surface area contributed by atoms with Crippen molar-refractivity contribution in [2.24, 2.45) is 28.6 Å². The number of ether oxygens (including phenoxy) is 2. The molecule has 0 heterocycles. The Morgan fingerprint density at radius 2 is 1.88 bits per heavy atom. The molecule has 0 aliphatic heterocycles. The molecule has 0 saturated heterocycles. The third-order valence-corrected chi connectivity index (χ3v) is 9.31. The Morgan fingerprint density at radius 1 is 1.24 bits per heavy atom. The Bertz CT molecular complexity index is 952. The standard InChI is InChI=1S/C26H38O8/c1-7-8-18(29)33-22-13(2)10-24-14(3)11-25(34-15(4)28)19(23(25,5)6)17(21(24)31)9-16(12-27)20(30)26(22,24)32/h9-10,14,17,19-22,27,30-32H,7-8,11-12H2,1-6H3/t14-,17+,19-,20-,21?,22+,24+,25+,26+/m1/s1. The second kappa shape index (κ2) is 7.88.